The van der Waals surface area contributed by atoms with E-state index in [0.717, 1.165) is 0 Å². The van der Waals surface area contributed by atoms with Crippen molar-refractivity contribution in [2.24, 2.45) is 0 Å². The van der Waals surface area contributed by atoms with Crippen LogP contribution in [-0.2, 0) is 14.3 Å². The predicted octanol–water partition coefficient (Wildman–Crippen LogP) is -1.86. The van der Waals surface area contributed by atoms with Crippen LogP contribution in [0.1, 0.15) is 0 Å². The van der Waals surface area contributed by atoms with E-state index in [2.05, 4.69) is 10.2 Å². The lowest BCUT2D eigenvalue weighted by Crippen LogP contribution is -3.19. The first-order valence-electron chi connectivity index (χ1n) is 3.92. The lowest BCUT2D eigenvalue weighted by Gasteiger charge is -2.38. The van der Waals surface area contributed by atoms with Crippen LogP contribution in [-0.4, -0.2) is 47.3 Å². The molecule has 0 bridgehead atoms. The second-order valence-corrected chi connectivity index (χ2v) is 2.69. The average molecular weight is 194 g/mol. The standard InChI is InChI=1S/C7H18N2O4/c1-8-7(5-11-2,6-12-3)9(10)13-4/h8-9H,5-6H2,1-4H3. The number of hydroxylamine groups is 2. The lowest BCUT2D eigenvalue weighted by molar-refractivity contribution is -1.09. The van der Waals surface area contributed by atoms with Crippen LogP contribution in [0.2, 0.25) is 0 Å². The summed E-state index contributed by atoms with van der Waals surface area (Å²) in [5.41, 5.74) is -0.905. The van der Waals surface area contributed by atoms with Crippen LogP contribution in [0.25, 0.3) is 0 Å². The van der Waals surface area contributed by atoms with Gasteiger partial charge in [0.2, 0.25) is 5.66 Å². The second-order valence-electron chi connectivity index (χ2n) is 2.69. The fourth-order valence-electron chi connectivity index (χ4n) is 1.09. The largest absolute Gasteiger partial charge is 0.598 e. The molecule has 6 nitrogen and oxygen atoms in total. The van der Waals surface area contributed by atoms with Crippen molar-refractivity contribution in [3.8, 4) is 0 Å². The van der Waals surface area contributed by atoms with Crippen molar-refractivity contribution in [2.45, 2.75) is 5.66 Å². The number of quaternary nitrogens is 1. The van der Waals surface area contributed by atoms with Crippen LogP contribution in [0.4, 0.5) is 0 Å². The number of hydrogen-bond acceptors (Lipinski definition) is 5. The van der Waals surface area contributed by atoms with Crippen LogP contribution in [0.5, 0.6) is 0 Å². The summed E-state index contributed by atoms with van der Waals surface area (Å²) in [5.74, 6) is 0. The molecule has 0 aliphatic heterocycles. The molecule has 0 aliphatic rings. The molecule has 13 heavy (non-hydrogen) atoms. The fourth-order valence-corrected chi connectivity index (χ4v) is 1.09. The van der Waals surface area contributed by atoms with Crippen LogP contribution in [0.15, 0.2) is 0 Å². The third-order valence-electron chi connectivity index (χ3n) is 1.84. The monoisotopic (exact) mass is 194 g/mol. The van der Waals surface area contributed by atoms with E-state index in [1.165, 1.54) is 21.3 Å². The van der Waals surface area contributed by atoms with Gasteiger partial charge in [-0.2, -0.15) is 0 Å². The summed E-state index contributed by atoms with van der Waals surface area (Å²) >= 11 is 0. The van der Waals surface area contributed by atoms with Crippen molar-refractivity contribution in [1.82, 2.24) is 5.32 Å². The van der Waals surface area contributed by atoms with Crippen molar-refractivity contribution in [1.29, 1.82) is 0 Å². The number of ether oxygens (including phenoxy) is 2. The van der Waals surface area contributed by atoms with Gasteiger partial charge >= 0.3 is 0 Å². The van der Waals surface area contributed by atoms with Gasteiger partial charge in [0.15, 0.2) is 0 Å². The fraction of sp³-hybridized carbons (Fsp3) is 1.00. The summed E-state index contributed by atoms with van der Waals surface area (Å²) in [5, 5.41) is 13.9. The smallest absolute Gasteiger partial charge is 0.228 e. The maximum absolute atomic E-state index is 11.4. The molecule has 0 aliphatic carbocycles. The summed E-state index contributed by atoms with van der Waals surface area (Å²) in [4.78, 5) is 4.65. The van der Waals surface area contributed by atoms with Gasteiger partial charge in [0.25, 0.3) is 0 Å². The predicted molar refractivity (Wildman–Crippen MR) is 46.9 cm³/mol. The lowest BCUT2D eigenvalue weighted by atomic mass is 10.2. The summed E-state index contributed by atoms with van der Waals surface area (Å²) < 4.78 is 9.86. The van der Waals surface area contributed by atoms with E-state index < -0.39 is 10.9 Å². The molecule has 80 valence electrons. The Bertz CT molecular complexity index is 128. The number of nitrogens with one attached hydrogen (secondary N) is 2. The SMILES string of the molecule is CNC(COC)(COC)[NH+]([O-])OC. The minimum absolute atomic E-state index is 0.212. The maximum Gasteiger partial charge on any atom is 0.228 e. The zero-order valence-corrected chi connectivity index (χ0v) is 8.55. The zero-order valence-electron chi connectivity index (χ0n) is 8.55. The van der Waals surface area contributed by atoms with Crippen molar-refractivity contribution in [3.63, 3.8) is 0 Å². The quantitative estimate of drug-likeness (QED) is 0.367. The highest BCUT2D eigenvalue weighted by molar-refractivity contribution is 4.72. The summed E-state index contributed by atoms with van der Waals surface area (Å²) in [7, 11) is 6.03. The van der Waals surface area contributed by atoms with Crippen molar-refractivity contribution < 1.29 is 19.5 Å². The van der Waals surface area contributed by atoms with Crippen LogP contribution in [0.3, 0.4) is 0 Å². The van der Waals surface area contributed by atoms with E-state index in [1.807, 2.05) is 0 Å². The molecule has 6 heteroatoms. The molecule has 0 aromatic rings. The molecule has 0 spiro atoms. The van der Waals surface area contributed by atoms with Gasteiger partial charge in [0, 0.05) is 14.2 Å². The summed E-state index contributed by atoms with van der Waals surface area (Å²) in [6.45, 7) is 0.425. The van der Waals surface area contributed by atoms with E-state index in [1.54, 1.807) is 7.05 Å². The first-order valence-corrected chi connectivity index (χ1v) is 3.92. The van der Waals surface area contributed by atoms with Crippen LogP contribution < -0.4 is 10.5 Å². The molecule has 2 N–H and O–H groups in total. The van der Waals surface area contributed by atoms with Crippen molar-refractivity contribution >= 4 is 0 Å². The van der Waals surface area contributed by atoms with E-state index >= 15 is 0 Å². The molecule has 0 fully saturated rings. The topological polar surface area (TPSA) is 67.2 Å². The second kappa shape index (κ2) is 6.25. The van der Waals surface area contributed by atoms with E-state index in [4.69, 9.17) is 9.47 Å². The highest BCUT2D eigenvalue weighted by atomic mass is 16.9. The van der Waals surface area contributed by atoms with Gasteiger partial charge in [0.05, 0.1) is 7.11 Å². The highest BCUT2D eigenvalue weighted by Crippen LogP contribution is 1.95. The Balaban J connectivity index is 4.42. The summed E-state index contributed by atoms with van der Waals surface area (Å²) in [6, 6.07) is 0. The van der Waals surface area contributed by atoms with Crippen LogP contribution >= 0.6 is 0 Å². The first-order chi connectivity index (χ1) is 6.16. The maximum atomic E-state index is 11.4. The Labute approximate surface area is 78.3 Å². The summed E-state index contributed by atoms with van der Waals surface area (Å²) in [6.07, 6.45) is 0. The molecule has 0 radical (unpaired) electrons. The molecule has 0 heterocycles. The molecule has 0 rings (SSSR count). The van der Waals surface area contributed by atoms with Gasteiger partial charge in [-0.15, -0.1) is 0 Å². The van der Waals surface area contributed by atoms with Crippen molar-refractivity contribution in [3.05, 3.63) is 5.21 Å². The van der Waals surface area contributed by atoms with Gasteiger partial charge in [-0.05, 0) is 7.05 Å². The number of hydrogen-bond donors (Lipinski definition) is 2. The molecule has 0 saturated heterocycles. The number of likely N-dealkylation sites (N-methyl/N-ethyl adjacent to an activating group) is 1. The minimum atomic E-state index is -0.905. The Morgan fingerprint density at radius 2 is 1.69 bits per heavy atom. The molecule has 0 saturated carbocycles. The Kier molecular flexibility index (Phi) is 6.13. The highest BCUT2D eigenvalue weighted by Gasteiger charge is 2.37. The van der Waals surface area contributed by atoms with E-state index in [-0.39, 0.29) is 13.2 Å². The Morgan fingerprint density at radius 3 is 1.92 bits per heavy atom. The number of rotatable bonds is 7. The molecule has 0 amide bonds. The van der Waals surface area contributed by atoms with Gasteiger partial charge in [-0.3, -0.25) is 5.32 Å². The van der Waals surface area contributed by atoms with E-state index in [9.17, 15) is 5.21 Å². The molecule has 1 atom stereocenters. The third-order valence-corrected chi connectivity index (χ3v) is 1.84. The minimum Gasteiger partial charge on any atom is -0.598 e. The van der Waals surface area contributed by atoms with Gasteiger partial charge < -0.3 is 14.7 Å². The molecule has 1 unspecified atom stereocenters. The number of methoxy groups -OCH3 is 2. The van der Waals surface area contributed by atoms with E-state index in [0.29, 0.717) is 0 Å². The average Bonchev–Trinajstić information content (AvgIpc) is 2.16. The Hall–Kier alpha value is -0.240. The van der Waals surface area contributed by atoms with Gasteiger partial charge in [0.1, 0.15) is 13.2 Å². The van der Waals surface area contributed by atoms with Crippen LogP contribution in [0, 0.1) is 5.21 Å². The van der Waals surface area contributed by atoms with Gasteiger partial charge in [-0.25, -0.2) is 10.1 Å². The van der Waals surface area contributed by atoms with Gasteiger partial charge in [-0.1, -0.05) is 0 Å². The molecule has 0 aromatic heterocycles. The molecule has 0 aromatic carbocycles. The Morgan fingerprint density at radius 1 is 1.23 bits per heavy atom. The first kappa shape index (κ1) is 12.8. The zero-order chi connectivity index (χ0) is 10.3. The molecular weight excluding hydrogens is 176 g/mol. The normalized spacial score (nSPS) is 14.5. The van der Waals surface area contributed by atoms with Crippen molar-refractivity contribution in [2.75, 3.05) is 41.6 Å². The molecular formula is C7H18N2O4. The third kappa shape index (κ3) is 3.18.